The van der Waals surface area contributed by atoms with Crippen LogP contribution in [-0.4, -0.2) is 22.6 Å². The maximum absolute atomic E-state index is 4.67. The van der Waals surface area contributed by atoms with Gasteiger partial charge in [0.05, 0.1) is 5.69 Å². The van der Waals surface area contributed by atoms with Crippen molar-refractivity contribution in [1.29, 1.82) is 0 Å². The molecule has 1 aromatic heterocycles. The van der Waals surface area contributed by atoms with E-state index >= 15 is 0 Å². The Kier molecular flexibility index (Phi) is 6.39. The van der Waals surface area contributed by atoms with Crippen molar-refractivity contribution in [2.45, 2.75) is 46.6 Å². The van der Waals surface area contributed by atoms with Gasteiger partial charge >= 0.3 is 0 Å². The Hall–Kier alpha value is -2.10. The molecule has 124 valence electrons. The van der Waals surface area contributed by atoms with E-state index in [1.54, 1.807) is 0 Å². The first-order chi connectivity index (χ1) is 11.1. The van der Waals surface area contributed by atoms with E-state index in [2.05, 4.69) is 60.4 Å². The summed E-state index contributed by atoms with van der Waals surface area (Å²) in [6, 6.07) is 12.6. The van der Waals surface area contributed by atoms with Crippen LogP contribution in [0.2, 0.25) is 0 Å². The molecule has 1 aromatic carbocycles. The topological polar surface area (TPSA) is 49.8 Å². The molecular formula is C19H28N4. The zero-order chi connectivity index (χ0) is 16.7. The lowest BCUT2D eigenvalue weighted by Gasteiger charge is -2.15. The van der Waals surface area contributed by atoms with Crippen LogP contribution in [-0.2, 0) is 0 Å². The third kappa shape index (κ3) is 5.55. The van der Waals surface area contributed by atoms with E-state index in [4.69, 9.17) is 0 Å². The summed E-state index contributed by atoms with van der Waals surface area (Å²) in [5.41, 5.74) is 2.05. The largest absolute Gasteiger partial charge is 0.367 e. The van der Waals surface area contributed by atoms with E-state index < -0.39 is 0 Å². The van der Waals surface area contributed by atoms with E-state index in [0.717, 1.165) is 36.5 Å². The summed E-state index contributed by atoms with van der Waals surface area (Å²) < 4.78 is 0. The molecule has 1 heterocycles. The standard InChI is InChI=1S/C19H28N4/c1-5-15(4)21-18-13-17(16-9-7-6-8-10-16)22-19(23-18)20-12-11-14(2)3/h6-10,13-15H,5,11-12H2,1-4H3,(H2,20,21,22,23). The molecule has 0 amide bonds. The fourth-order valence-corrected chi connectivity index (χ4v) is 2.18. The molecule has 2 N–H and O–H groups in total. The van der Waals surface area contributed by atoms with Gasteiger partial charge in [0.15, 0.2) is 0 Å². The van der Waals surface area contributed by atoms with Crippen molar-refractivity contribution in [3.8, 4) is 11.3 Å². The van der Waals surface area contributed by atoms with Gasteiger partial charge in [0, 0.05) is 24.2 Å². The summed E-state index contributed by atoms with van der Waals surface area (Å²) in [6.45, 7) is 9.66. The molecule has 4 nitrogen and oxygen atoms in total. The molecule has 23 heavy (non-hydrogen) atoms. The van der Waals surface area contributed by atoms with Crippen LogP contribution < -0.4 is 10.6 Å². The molecule has 0 spiro atoms. The lowest BCUT2D eigenvalue weighted by Crippen LogP contribution is -2.16. The molecule has 0 bridgehead atoms. The minimum Gasteiger partial charge on any atom is -0.367 e. The van der Waals surface area contributed by atoms with Crippen LogP contribution in [0.3, 0.4) is 0 Å². The van der Waals surface area contributed by atoms with Crippen molar-refractivity contribution in [3.63, 3.8) is 0 Å². The molecule has 2 rings (SSSR count). The molecule has 0 aliphatic carbocycles. The summed E-state index contributed by atoms with van der Waals surface area (Å²) in [5, 5.41) is 6.81. The van der Waals surface area contributed by atoms with E-state index in [9.17, 15) is 0 Å². The number of nitrogens with zero attached hydrogens (tertiary/aromatic N) is 2. The number of aromatic nitrogens is 2. The number of hydrogen-bond donors (Lipinski definition) is 2. The molecule has 0 aliphatic heterocycles. The van der Waals surface area contributed by atoms with E-state index in [1.165, 1.54) is 0 Å². The van der Waals surface area contributed by atoms with Gasteiger partial charge in [-0.25, -0.2) is 4.98 Å². The summed E-state index contributed by atoms with van der Waals surface area (Å²) >= 11 is 0. The third-order valence-electron chi connectivity index (χ3n) is 3.81. The average molecular weight is 312 g/mol. The summed E-state index contributed by atoms with van der Waals surface area (Å²) in [5.74, 6) is 2.23. The molecule has 0 fully saturated rings. The Bertz CT molecular complexity index is 596. The highest BCUT2D eigenvalue weighted by atomic mass is 15.1. The first kappa shape index (κ1) is 17.3. The Balaban J connectivity index is 2.24. The quantitative estimate of drug-likeness (QED) is 0.734. The maximum atomic E-state index is 4.67. The van der Waals surface area contributed by atoms with Crippen LogP contribution in [0, 0.1) is 5.92 Å². The molecule has 4 heteroatoms. The van der Waals surface area contributed by atoms with Crippen molar-refractivity contribution in [3.05, 3.63) is 36.4 Å². The van der Waals surface area contributed by atoms with Gasteiger partial charge in [-0.1, -0.05) is 51.1 Å². The molecule has 1 atom stereocenters. The Morgan fingerprint density at radius 1 is 1.04 bits per heavy atom. The first-order valence-electron chi connectivity index (χ1n) is 8.53. The van der Waals surface area contributed by atoms with Crippen LogP contribution >= 0.6 is 0 Å². The second kappa shape index (κ2) is 8.51. The highest BCUT2D eigenvalue weighted by molar-refractivity contribution is 5.64. The fourth-order valence-electron chi connectivity index (χ4n) is 2.18. The zero-order valence-corrected chi connectivity index (χ0v) is 14.6. The van der Waals surface area contributed by atoms with Crippen molar-refractivity contribution >= 4 is 11.8 Å². The SMILES string of the molecule is CCC(C)Nc1cc(-c2ccccc2)nc(NCCC(C)C)n1. The van der Waals surface area contributed by atoms with E-state index in [1.807, 2.05) is 24.3 Å². The van der Waals surface area contributed by atoms with Crippen molar-refractivity contribution in [2.75, 3.05) is 17.2 Å². The van der Waals surface area contributed by atoms with Crippen molar-refractivity contribution in [1.82, 2.24) is 9.97 Å². The maximum Gasteiger partial charge on any atom is 0.225 e. The molecule has 1 unspecified atom stereocenters. The highest BCUT2D eigenvalue weighted by Gasteiger charge is 2.08. The normalized spacial score (nSPS) is 12.2. The van der Waals surface area contributed by atoms with Gasteiger partial charge in [0.25, 0.3) is 0 Å². The minimum absolute atomic E-state index is 0.386. The van der Waals surface area contributed by atoms with Crippen LogP contribution in [0.1, 0.15) is 40.5 Å². The van der Waals surface area contributed by atoms with Gasteiger partial charge in [0.2, 0.25) is 5.95 Å². The number of rotatable bonds is 8. The van der Waals surface area contributed by atoms with Gasteiger partial charge in [0.1, 0.15) is 5.82 Å². The average Bonchev–Trinajstić information content (AvgIpc) is 2.55. The Morgan fingerprint density at radius 2 is 1.78 bits per heavy atom. The lowest BCUT2D eigenvalue weighted by molar-refractivity contribution is 0.606. The van der Waals surface area contributed by atoms with Gasteiger partial charge < -0.3 is 10.6 Å². The van der Waals surface area contributed by atoms with Crippen molar-refractivity contribution < 1.29 is 0 Å². The fraction of sp³-hybridized carbons (Fsp3) is 0.474. The Morgan fingerprint density at radius 3 is 2.43 bits per heavy atom. The van der Waals surface area contributed by atoms with Crippen LogP contribution in [0.25, 0.3) is 11.3 Å². The zero-order valence-electron chi connectivity index (χ0n) is 14.6. The van der Waals surface area contributed by atoms with Gasteiger partial charge in [-0.3, -0.25) is 0 Å². The van der Waals surface area contributed by atoms with E-state index in [0.29, 0.717) is 17.9 Å². The second-order valence-corrected chi connectivity index (χ2v) is 6.39. The summed E-state index contributed by atoms with van der Waals surface area (Å²) in [7, 11) is 0. The predicted octanol–water partition coefficient (Wildman–Crippen LogP) is 4.81. The molecular weight excluding hydrogens is 284 g/mol. The summed E-state index contributed by atoms with van der Waals surface area (Å²) in [4.78, 5) is 9.28. The molecule has 0 saturated carbocycles. The number of hydrogen-bond acceptors (Lipinski definition) is 4. The number of nitrogens with one attached hydrogen (secondary N) is 2. The Labute approximate surface area is 139 Å². The lowest BCUT2D eigenvalue weighted by atomic mass is 10.1. The monoisotopic (exact) mass is 312 g/mol. The highest BCUT2D eigenvalue weighted by Crippen LogP contribution is 2.22. The smallest absolute Gasteiger partial charge is 0.225 e. The van der Waals surface area contributed by atoms with Gasteiger partial charge in [-0.05, 0) is 25.7 Å². The van der Waals surface area contributed by atoms with Crippen LogP contribution in [0.5, 0.6) is 0 Å². The summed E-state index contributed by atoms with van der Waals surface area (Å²) in [6.07, 6.45) is 2.16. The van der Waals surface area contributed by atoms with Crippen LogP contribution in [0.4, 0.5) is 11.8 Å². The van der Waals surface area contributed by atoms with E-state index in [-0.39, 0.29) is 0 Å². The number of benzene rings is 1. The number of anilines is 2. The van der Waals surface area contributed by atoms with Crippen molar-refractivity contribution in [2.24, 2.45) is 5.92 Å². The van der Waals surface area contributed by atoms with Gasteiger partial charge in [-0.15, -0.1) is 0 Å². The molecule has 0 aliphatic rings. The molecule has 0 radical (unpaired) electrons. The molecule has 2 aromatic rings. The minimum atomic E-state index is 0.386. The third-order valence-corrected chi connectivity index (χ3v) is 3.81. The first-order valence-corrected chi connectivity index (χ1v) is 8.53. The predicted molar refractivity (Wildman–Crippen MR) is 98.8 cm³/mol. The molecule has 0 saturated heterocycles. The van der Waals surface area contributed by atoms with Crippen LogP contribution in [0.15, 0.2) is 36.4 Å². The second-order valence-electron chi connectivity index (χ2n) is 6.39. The van der Waals surface area contributed by atoms with Gasteiger partial charge in [-0.2, -0.15) is 4.98 Å².